The molecule has 3 nitrogen and oxygen atoms in total. The lowest BCUT2D eigenvalue weighted by Crippen LogP contribution is -2.21. The van der Waals surface area contributed by atoms with E-state index in [1.165, 1.54) is 6.07 Å². The van der Waals surface area contributed by atoms with Gasteiger partial charge in [-0.3, -0.25) is 4.79 Å². The van der Waals surface area contributed by atoms with Crippen molar-refractivity contribution < 1.29 is 22.7 Å². The molecule has 0 aromatic heterocycles. The molecule has 0 unspecified atom stereocenters. The zero-order valence-electron chi connectivity index (χ0n) is 12.7. The summed E-state index contributed by atoms with van der Waals surface area (Å²) < 4.78 is 44.1. The van der Waals surface area contributed by atoms with Crippen molar-refractivity contribution in [3.05, 3.63) is 29.3 Å². The number of hydrogen-bond donors (Lipinski definition) is 1. The summed E-state index contributed by atoms with van der Waals surface area (Å²) in [5, 5.41) is 2.74. The number of carbonyl (C=O) groups is 1. The highest BCUT2D eigenvalue weighted by atomic mass is 19.4. The fourth-order valence-corrected chi connectivity index (χ4v) is 2.48. The van der Waals surface area contributed by atoms with Crippen LogP contribution in [0.25, 0.3) is 0 Å². The molecule has 1 heterocycles. The average molecular weight is 315 g/mol. The van der Waals surface area contributed by atoms with Crippen LogP contribution in [0.4, 0.5) is 18.9 Å². The molecular formula is C16H20F3NO2. The number of carbonyl (C=O) groups excluding carboxylic acids is 1. The first-order valence-electron chi connectivity index (χ1n) is 7.39. The molecule has 0 radical (unpaired) electrons. The lowest BCUT2D eigenvalue weighted by molar-refractivity contribution is -0.137. The molecule has 0 atom stereocenters. The Balaban J connectivity index is 2.36. The Morgan fingerprint density at radius 3 is 2.45 bits per heavy atom. The van der Waals surface area contributed by atoms with Gasteiger partial charge < -0.3 is 10.1 Å². The van der Waals surface area contributed by atoms with E-state index in [9.17, 15) is 18.0 Å². The van der Waals surface area contributed by atoms with Crippen molar-refractivity contribution in [2.45, 2.75) is 38.8 Å². The Hall–Kier alpha value is -1.56. The molecule has 1 aromatic rings. The molecule has 1 aliphatic heterocycles. The summed E-state index contributed by atoms with van der Waals surface area (Å²) in [5.74, 6) is -0.462. The molecular weight excluding hydrogens is 295 g/mol. The zero-order chi connectivity index (χ0) is 16.3. The fraction of sp³-hybridized carbons (Fsp3) is 0.562. The Morgan fingerprint density at radius 1 is 1.27 bits per heavy atom. The molecule has 1 aromatic carbocycles. The van der Waals surface area contributed by atoms with E-state index in [2.05, 4.69) is 5.32 Å². The molecule has 1 amide bonds. The molecule has 22 heavy (non-hydrogen) atoms. The van der Waals surface area contributed by atoms with Crippen molar-refractivity contribution in [3.8, 4) is 0 Å². The topological polar surface area (TPSA) is 38.3 Å². The monoisotopic (exact) mass is 315 g/mol. The van der Waals surface area contributed by atoms with Gasteiger partial charge in [-0.15, -0.1) is 0 Å². The van der Waals surface area contributed by atoms with Gasteiger partial charge in [-0.25, -0.2) is 0 Å². The van der Waals surface area contributed by atoms with Gasteiger partial charge in [-0.05, 0) is 42.5 Å². The summed E-state index contributed by atoms with van der Waals surface area (Å²) in [5.41, 5.74) is 0.335. The third-order valence-corrected chi connectivity index (χ3v) is 3.82. The van der Waals surface area contributed by atoms with E-state index in [1.54, 1.807) is 13.8 Å². The van der Waals surface area contributed by atoms with E-state index in [0.717, 1.165) is 12.1 Å². The van der Waals surface area contributed by atoms with Gasteiger partial charge in [-0.1, -0.05) is 13.8 Å². The average Bonchev–Trinajstić information content (AvgIpc) is 2.47. The standard InChI is InChI=1S/C16H20F3NO2/c1-10(2)15(21)20-14-4-3-12(16(17,18)19)9-13(14)11-5-7-22-8-6-11/h3-4,9-11H,5-8H2,1-2H3,(H,20,21). The van der Waals surface area contributed by atoms with Crippen LogP contribution in [0.15, 0.2) is 18.2 Å². The predicted molar refractivity (Wildman–Crippen MR) is 77.7 cm³/mol. The Labute approximate surface area is 127 Å². The number of anilines is 1. The van der Waals surface area contributed by atoms with Crippen molar-refractivity contribution >= 4 is 11.6 Å². The number of amides is 1. The van der Waals surface area contributed by atoms with Crippen molar-refractivity contribution in [2.24, 2.45) is 5.92 Å². The summed E-state index contributed by atoms with van der Waals surface area (Å²) in [6.07, 6.45) is -3.07. The lowest BCUT2D eigenvalue weighted by atomic mass is 9.89. The summed E-state index contributed by atoms with van der Waals surface area (Å²) in [6.45, 7) is 4.54. The summed E-state index contributed by atoms with van der Waals surface area (Å²) >= 11 is 0. The van der Waals surface area contributed by atoms with Gasteiger partial charge in [0.15, 0.2) is 0 Å². The predicted octanol–water partition coefficient (Wildman–Crippen LogP) is 4.19. The molecule has 1 aliphatic rings. The second kappa shape index (κ2) is 6.69. The van der Waals surface area contributed by atoms with E-state index in [4.69, 9.17) is 4.74 Å². The third kappa shape index (κ3) is 4.00. The van der Waals surface area contributed by atoms with Crippen LogP contribution in [0, 0.1) is 5.92 Å². The number of alkyl halides is 3. The molecule has 122 valence electrons. The maximum Gasteiger partial charge on any atom is 0.416 e. The quantitative estimate of drug-likeness (QED) is 0.908. The van der Waals surface area contributed by atoms with E-state index >= 15 is 0 Å². The van der Waals surface area contributed by atoms with Gasteiger partial charge >= 0.3 is 6.18 Å². The Kier molecular flexibility index (Phi) is 5.11. The minimum Gasteiger partial charge on any atom is -0.381 e. The molecule has 0 spiro atoms. The zero-order valence-corrected chi connectivity index (χ0v) is 12.7. The minimum atomic E-state index is -4.39. The van der Waals surface area contributed by atoms with Crippen LogP contribution in [0.5, 0.6) is 0 Å². The van der Waals surface area contributed by atoms with Crippen LogP contribution >= 0.6 is 0 Å². The van der Waals surface area contributed by atoms with Gasteiger partial charge in [0.1, 0.15) is 0 Å². The first kappa shape index (κ1) is 16.8. The Bertz CT molecular complexity index is 535. The molecule has 1 N–H and O–H groups in total. The highest BCUT2D eigenvalue weighted by Gasteiger charge is 2.32. The molecule has 0 bridgehead atoms. The highest BCUT2D eigenvalue weighted by Crippen LogP contribution is 2.37. The molecule has 2 rings (SSSR count). The molecule has 1 saturated heterocycles. The molecule has 6 heteroatoms. The summed E-state index contributed by atoms with van der Waals surface area (Å²) in [6, 6.07) is 3.53. The van der Waals surface area contributed by atoms with Gasteiger partial charge in [0.2, 0.25) is 5.91 Å². The maximum absolute atomic E-state index is 12.9. The van der Waals surface area contributed by atoms with E-state index in [-0.39, 0.29) is 17.7 Å². The van der Waals surface area contributed by atoms with Crippen molar-refractivity contribution in [3.63, 3.8) is 0 Å². The van der Waals surface area contributed by atoms with Crippen LogP contribution in [-0.4, -0.2) is 19.1 Å². The van der Waals surface area contributed by atoms with E-state index in [1.807, 2.05) is 0 Å². The van der Waals surface area contributed by atoms with Gasteiger partial charge in [0, 0.05) is 24.8 Å². The smallest absolute Gasteiger partial charge is 0.381 e. The first-order chi connectivity index (χ1) is 10.3. The third-order valence-electron chi connectivity index (χ3n) is 3.82. The largest absolute Gasteiger partial charge is 0.416 e. The van der Waals surface area contributed by atoms with Crippen LogP contribution in [0.1, 0.15) is 43.7 Å². The van der Waals surface area contributed by atoms with Crippen molar-refractivity contribution in [2.75, 3.05) is 18.5 Å². The number of halogens is 3. The van der Waals surface area contributed by atoms with Crippen LogP contribution < -0.4 is 5.32 Å². The fourth-order valence-electron chi connectivity index (χ4n) is 2.48. The Morgan fingerprint density at radius 2 is 1.91 bits per heavy atom. The maximum atomic E-state index is 12.9. The molecule has 0 aliphatic carbocycles. The van der Waals surface area contributed by atoms with Crippen molar-refractivity contribution in [1.29, 1.82) is 0 Å². The number of nitrogens with one attached hydrogen (secondary N) is 1. The van der Waals surface area contributed by atoms with Gasteiger partial charge in [0.25, 0.3) is 0 Å². The van der Waals surface area contributed by atoms with Crippen LogP contribution in [-0.2, 0) is 15.7 Å². The highest BCUT2D eigenvalue weighted by molar-refractivity contribution is 5.93. The van der Waals surface area contributed by atoms with E-state index < -0.39 is 11.7 Å². The first-order valence-corrected chi connectivity index (χ1v) is 7.39. The van der Waals surface area contributed by atoms with E-state index in [0.29, 0.717) is 37.3 Å². The number of rotatable bonds is 3. The normalized spacial score (nSPS) is 16.8. The van der Waals surface area contributed by atoms with Crippen molar-refractivity contribution in [1.82, 2.24) is 0 Å². The second-order valence-corrected chi connectivity index (χ2v) is 5.83. The summed E-state index contributed by atoms with van der Waals surface area (Å²) in [7, 11) is 0. The second-order valence-electron chi connectivity index (χ2n) is 5.83. The van der Waals surface area contributed by atoms with Gasteiger partial charge in [0.05, 0.1) is 5.56 Å². The lowest BCUT2D eigenvalue weighted by Gasteiger charge is -2.26. The molecule has 0 saturated carbocycles. The van der Waals surface area contributed by atoms with Crippen LogP contribution in [0.2, 0.25) is 0 Å². The summed E-state index contributed by atoms with van der Waals surface area (Å²) in [4.78, 5) is 11.9. The molecule has 1 fully saturated rings. The number of ether oxygens (including phenoxy) is 1. The SMILES string of the molecule is CC(C)C(=O)Nc1ccc(C(F)(F)F)cc1C1CCOCC1. The van der Waals surface area contributed by atoms with Gasteiger partial charge in [-0.2, -0.15) is 13.2 Å². The number of hydrogen-bond acceptors (Lipinski definition) is 2. The minimum absolute atomic E-state index is 0.0292. The van der Waals surface area contributed by atoms with Crippen LogP contribution in [0.3, 0.4) is 0 Å². The number of benzene rings is 1.